The van der Waals surface area contributed by atoms with E-state index in [0.29, 0.717) is 6.61 Å². The largest absolute Gasteiger partial charge is 0.306 e. The maximum atomic E-state index is 5.47. The van der Waals surface area contributed by atoms with Crippen molar-refractivity contribution >= 4 is 46.8 Å². The molecule has 1 aromatic carbocycles. The van der Waals surface area contributed by atoms with Crippen LogP contribution < -0.4 is 0 Å². The van der Waals surface area contributed by atoms with Gasteiger partial charge in [-0.05, 0) is 5.56 Å². The summed E-state index contributed by atoms with van der Waals surface area (Å²) in [6.07, 6.45) is 0. The van der Waals surface area contributed by atoms with Gasteiger partial charge in [0.25, 0.3) is 3.12 Å². The molecule has 0 aromatic heterocycles. The van der Waals surface area contributed by atoms with Gasteiger partial charge in [-0.3, -0.25) is 0 Å². The van der Waals surface area contributed by atoms with Crippen LogP contribution in [0.2, 0.25) is 0 Å². The highest BCUT2D eigenvalue weighted by molar-refractivity contribution is 8.00. The molecule has 0 heterocycles. The minimum atomic E-state index is -1.41. The molecule has 0 saturated carbocycles. The van der Waals surface area contributed by atoms with E-state index >= 15 is 0 Å². The normalized spacial score (nSPS) is 11.6. The van der Waals surface area contributed by atoms with Crippen LogP contribution in [0.5, 0.6) is 0 Å². The van der Waals surface area contributed by atoms with E-state index in [-0.39, 0.29) is 0 Å². The van der Waals surface area contributed by atoms with Gasteiger partial charge in [0, 0.05) is 12.0 Å². The Labute approximate surface area is 96.5 Å². The first-order valence-electron chi connectivity index (χ1n) is 3.49. The van der Waals surface area contributed by atoms with Crippen LogP contribution in [0.25, 0.3) is 0 Å². The van der Waals surface area contributed by atoms with Crippen LogP contribution in [0, 0.1) is 0 Å². The van der Waals surface area contributed by atoms with Crippen molar-refractivity contribution < 1.29 is 4.18 Å². The minimum Gasteiger partial charge on any atom is -0.306 e. The van der Waals surface area contributed by atoms with E-state index in [1.165, 1.54) is 0 Å². The molecular formula is C8H7Cl3OS. The van der Waals surface area contributed by atoms with Crippen molar-refractivity contribution in [2.45, 2.75) is 9.73 Å². The van der Waals surface area contributed by atoms with Gasteiger partial charge in [0.2, 0.25) is 0 Å². The molecule has 0 saturated heterocycles. The van der Waals surface area contributed by atoms with Crippen molar-refractivity contribution in [1.82, 2.24) is 0 Å². The molecule has 0 unspecified atom stereocenters. The highest BCUT2D eigenvalue weighted by Crippen LogP contribution is 2.39. The minimum absolute atomic E-state index is 0.430. The van der Waals surface area contributed by atoms with Gasteiger partial charge < -0.3 is 4.18 Å². The van der Waals surface area contributed by atoms with E-state index in [2.05, 4.69) is 0 Å². The van der Waals surface area contributed by atoms with Gasteiger partial charge in [0.15, 0.2) is 0 Å². The van der Waals surface area contributed by atoms with E-state index < -0.39 is 3.12 Å². The van der Waals surface area contributed by atoms with Crippen LogP contribution >= 0.6 is 46.8 Å². The molecule has 1 aromatic rings. The lowest BCUT2D eigenvalue weighted by atomic mass is 10.2. The Morgan fingerprint density at radius 1 is 1.15 bits per heavy atom. The first kappa shape index (κ1) is 11.5. The van der Waals surface area contributed by atoms with Crippen molar-refractivity contribution in [3.8, 4) is 0 Å². The summed E-state index contributed by atoms with van der Waals surface area (Å²) in [7, 11) is 0. The fourth-order valence-corrected chi connectivity index (χ4v) is 1.47. The predicted octanol–water partition coefficient (Wildman–Crippen LogP) is 4.18. The summed E-state index contributed by atoms with van der Waals surface area (Å²) >= 11 is 17.2. The maximum absolute atomic E-state index is 5.47. The van der Waals surface area contributed by atoms with E-state index in [1.54, 1.807) is 0 Å². The molecule has 1 rings (SSSR count). The Kier molecular flexibility index (Phi) is 4.70. The highest BCUT2D eigenvalue weighted by Gasteiger charge is 2.21. The van der Waals surface area contributed by atoms with Crippen LogP contribution in [-0.2, 0) is 10.8 Å². The second-order valence-corrected chi connectivity index (χ2v) is 6.25. The Morgan fingerprint density at radius 3 is 2.31 bits per heavy atom. The van der Waals surface area contributed by atoms with Crippen molar-refractivity contribution in [1.29, 1.82) is 0 Å². The van der Waals surface area contributed by atoms with Crippen LogP contribution in [-0.4, -0.2) is 3.12 Å². The lowest BCUT2D eigenvalue weighted by Gasteiger charge is -2.08. The van der Waals surface area contributed by atoms with Crippen LogP contribution in [0.15, 0.2) is 30.3 Å². The molecule has 0 fully saturated rings. The van der Waals surface area contributed by atoms with Gasteiger partial charge in [-0.2, -0.15) is 0 Å². The fraction of sp³-hybridized carbons (Fsp3) is 0.250. The lowest BCUT2D eigenvalue weighted by Crippen LogP contribution is -1.96. The molecule has 0 atom stereocenters. The molecule has 0 aliphatic rings. The topological polar surface area (TPSA) is 9.23 Å². The molecule has 1 nitrogen and oxygen atoms in total. The van der Waals surface area contributed by atoms with Gasteiger partial charge in [-0.25, -0.2) is 0 Å². The molecule has 0 amide bonds. The van der Waals surface area contributed by atoms with Gasteiger partial charge in [-0.1, -0.05) is 65.1 Å². The van der Waals surface area contributed by atoms with Gasteiger partial charge >= 0.3 is 0 Å². The smallest absolute Gasteiger partial charge is 0.262 e. The molecule has 0 bridgehead atoms. The summed E-state index contributed by atoms with van der Waals surface area (Å²) in [5.41, 5.74) is 1.05. The van der Waals surface area contributed by atoms with Crippen molar-refractivity contribution in [3.63, 3.8) is 0 Å². The number of hydrogen-bond acceptors (Lipinski definition) is 2. The summed E-state index contributed by atoms with van der Waals surface area (Å²) in [5, 5.41) is 0. The number of rotatable bonds is 3. The molecule has 5 heteroatoms. The average Bonchev–Trinajstić information content (AvgIpc) is 2.04. The van der Waals surface area contributed by atoms with E-state index in [1.807, 2.05) is 30.3 Å². The molecule has 0 radical (unpaired) electrons. The number of halogens is 3. The second kappa shape index (κ2) is 5.32. The third-order valence-electron chi connectivity index (χ3n) is 1.22. The Bertz CT molecular complexity index is 247. The predicted molar refractivity (Wildman–Crippen MR) is 59.1 cm³/mol. The number of hydrogen-bond donors (Lipinski definition) is 0. The number of alkyl halides is 3. The highest BCUT2D eigenvalue weighted by atomic mass is 35.6. The second-order valence-electron chi connectivity index (χ2n) is 2.28. The monoisotopic (exact) mass is 256 g/mol. The molecule has 72 valence electrons. The van der Waals surface area contributed by atoms with Gasteiger partial charge in [0.1, 0.15) is 0 Å². The van der Waals surface area contributed by atoms with Crippen molar-refractivity contribution in [2.75, 3.05) is 0 Å². The van der Waals surface area contributed by atoms with E-state index in [4.69, 9.17) is 39.0 Å². The number of benzene rings is 1. The van der Waals surface area contributed by atoms with Gasteiger partial charge in [0.05, 0.1) is 6.61 Å². The summed E-state index contributed by atoms with van der Waals surface area (Å²) in [4.78, 5) is 0. The molecule has 0 spiro atoms. The Balaban J connectivity index is 2.29. The Hall–Kier alpha value is 0.400. The molecular weight excluding hydrogens is 251 g/mol. The molecule has 0 N–H and O–H groups in total. The third-order valence-corrected chi connectivity index (χ3v) is 2.21. The zero-order valence-electron chi connectivity index (χ0n) is 6.54. The quantitative estimate of drug-likeness (QED) is 0.593. The van der Waals surface area contributed by atoms with Gasteiger partial charge in [-0.15, -0.1) is 0 Å². The summed E-state index contributed by atoms with van der Waals surface area (Å²) in [5.74, 6) is 0. The van der Waals surface area contributed by atoms with Crippen molar-refractivity contribution in [2.24, 2.45) is 0 Å². The van der Waals surface area contributed by atoms with Crippen LogP contribution in [0.4, 0.5) is 0 Å². The van der Waals surface area contributed by atoms with Crippen LogP contribution in [0.3, 0.4) is 0 Å². The Morgan fingerprint density at radius 2 is 1.77 bits per heavy atom. The van der Waals surface area contributed by atoms with E-state index in [0.717, 1.165) is 17.6 Å². The zero-order valence-corrected chi connectivity index (χ0v) is 9.63. The maximum Gasteiger partial charge on any atom is 0.262 e. The summed E-state index contributed by atoms with van der Waals surface area (Å²) in [6.45, 7) is 0.430. The van der Waals surface area contributed by atoms with E-state index in [9.17, 15) is 0 Å². The molecule has 13 heavy (non-hydrogen) atoms. The first-order chi connectivity index (χ1) is 6.08. The molecule has 0 aliphatic heterocycles. The SMILES string of the molecule is ClC(Cl)(Cl)SOCc1ccccc1. The molecule has 0 aliphatic carbocycles. The standard InChI is InChI=1S/C8H7Cl3OS/c9-8(10,11)13-12-6-7-4-2-1-3-5-7/h1-5H,6H2. The fourth-order valence-electron chi connectivity index (χ4n) is 0.739. The zero-order chi connectivity index (χ0) is 9.73. The van der Waals surface area contributed by atoms with Crippen LogP contribution in [0.1, 0.15) is 5.56 Å². The first-order valence-corrected chi connectivity index (χ1v) is 5.37. The van der Waals surface area contributed by atoms with Crippen molar-refractivity contribution in [3.05, 3.63) is 35.9 Å². The lowest BCUT2D eigenvalue weighted by molar-refractivity contribution is 0.364. The summed E-state index contributed by atoms with van der Waals surface area (Å²) in [6, 6.07) is 9.68. The summed E-state index contributed by atoms with van der Waals surface area (Å²) < 4.78 is 3.70. The average molecular weight is 258 g/mol. The third kappa shape index (κ3) is 5.66.